The predicted molar refractivity (Wildman–Crippen MR) is 139 cm³/mol. The molecular formula is C28H41ClN2O. The molecule has 0 radical (unpaired) electrons. The second kappa shape index (κ2) is 16.6. The normalized spacial score (nSPS) is 10.8. The second-order valence-corrected chi connectivity index (χ2v) is 9.08. The first-order valence-corrected chi connectivity index (χ1v) is 12.9. The molecule has 176 valence electrons. The zero-order valence-corrected chi connectivity index (χ0v) is 20.6. The largest absolute Gasteiger partial charge is 0.324 e. The molecule has 0 aliphatic carbocycles. The maximum atomic E-state index is 13.0. The summed E-state index contributed by atoms with van der Waals surface area (Å²) in [4.78, 5) is 14.9. The summed E-state index contributed by atoms with van der Waals surface area (Å²) in [5.41, 5.74) is 1.92. The van der Waals surface area contributed by atoms with E-state index in [0.29, 0.717) is 17.3 Å². The lowest BCUT2D eigenvalue weighted by atomic mass is 10.1. The van der Waals surface area contributed by atoms with Gasteiger partial charge in [0.2, 0.25) is 0 Å². The third-order valence-corrected chi connectivity index (χ3v) is 6.28. The van der Waals surface area contributed by atoms with Crippen LogP contribution in [0.15, 0.2) is 54.6 Å². The summed E-state index contributed by atoms with van der Waals surface area (Å²) < 4.78 is 0. The van der Waals surface area contributed by atoms with Gasteiger partial charge in [0.15, 0.2) is 0 Å². The minimum Gasteiger partial charge on any atom is -0.324 e. The SMILES string of the molecule is CCCCCCCCCCCCCN(CCc1ccccc1)C(=O)Nc1ccccc1Cl. The van der Waals surface area contributed by atoms with Crippen molar-refractivity contribution in [2.24, 2.45) is 0 Å². The Kier molecular flexibility index (Phi) is 13.6. The van der Waals surface area contributed by atoms with Gasteiger partial charge >= 0.3 is 6.03 Å². The molecule has 2 rings (SSSR count). The fourth-order valence-electron chi connectivity index (χ4n) is 3.95. The van der Waals surface area contributed by atoms with Crippen LogP contribution in [0.25, 0.3) is 0 Å². The smallest absolute Gasteiger partial charge is 0.321 e. The number of urea groups is 1. The Morgan fingerprint density at radius 1 is 0.750 bits per heavy atom. The summed E-state index contributed by atoms with van der Waals surface area (Å²) in [6.07, 6.45) is 15.2. The molecular weight excluding hydrogens is 416 g/mol. The number of carbonyl (C=O) groups excluding carboxylic acids is 1. The Hall–Kier alpha value is -2.00. The molecule has 1 N–H and O–H groups in total. The first kappa shape index (κ1) is 26.3. The molecule has 0 atom stereocenters. The maximum absolute atomic E-state index is 13.0. The molecule has 2 aromatic carbocycles. The van der Waals surface area contributed by atoms with Gasteiger partial charge in [-0.05, 0) is 30.5 Å². The second-order valence-electron chi connectivity index (χ2n) is 8.67. The van der Waals surface area contributed by atoms with Gasteiger partial charge in [-0.2, -0.15) is 0 Å². The highest BCUT2D eigenvalue weighted by Gasteiger charge is 2.14. The van der Waals surface area contributed by atoms with Crippen LogP contribution in [0.4, 0.5) is 10.5 Å². The van der Waals surface area contributed by atoms with E-state index in [2.05, 4.69) is 24.4 Å². The van der Waals surface area contributed by atoms with Gasteiger partial charge in [-0.15, -0.1) is 0 Å². The Morgan fingerprint density at radius 3 is 1.94 bits per heavy atom. The van der Waals surface area contributed by atoms with Crippen molar-refractivity contribution in [3.63, 3.8) is 0 Å². The van der Waals surface area contributed by atoms with Crippen LogP contribution in [0, 0.1) is 0 Å². The molecule has 0 saturated carbocycles. The van der Waals surface area contributed by atoms with Gasteiger partial charge in [0.25, 0.3) is 0 Å². The van der Waals surface area contributed by atoms with Crippen molar-refractivity contribution in [1.29, 1.82) is 0 Å². The molecule has 32 heavy (non-hydrogen) atoms. The minimum atomic E-state index is -0.0684. The van der Waals surface area contributed by atoms with Gasteiger partial charge in [0.05, 0.1) is 10.7 Å². The van der Waals surface area contributed by atoms with E-state index in [1.54, 1.807) is 6.07 Å². The maximum Gasteiger partial charge on any atom is 0.321 e. The highest BCUT2D eigenvalue weighted by atomic mass is 35.5. The highest BCUT2D eigenvalue weighted by Crippen LogP contribution is 2.21. The summed E-state index contributed by atoms with van der Waals surface area (Å²) in [7, 11) is 0. The standard InChI is InChI=1S/C28H41ClN2O/c1-2-3-4-5-6-7-8-9-10-11-17-23-31(24-22-25-18-13-12-14-19-25)28(32)30-27-21-16-15-20-26(27)29/h12-16,18-21H,2-11,17,22-24H2,1H3,(H,30,32). The van der Waals surface area contributed by atoms with Crippen LogP contribution >= 0.6 is 11.6 Å². The molecule has 0 fully saturated rings. The van der Waals surface area contributed by atoms with E-state index in [9.17, 15) is 4.79 Å². The molecule has 2 amide bonds. The minimum absolute atomic E-state index is 0.0684. The molecule has 0 unspecified atom stereocenters. The molecule has 0 aliphatic rings. The van der Waals surface area contributed by atoms with Crippen LogP contribution in [-0.2, 0) is 6.42 Å². The lowest BCUT2D eigenvalue weighted by Gasteiger charge is -2.23. The highest BCUT2D eigenvalue weighted by molar-refractivity contribution is 6.33. The Morgan fingerprint density at radius 2 is 1.31 bits per heavy atom. The number of carbonyl (C=O) groups is 1. The summed E-state index contributed by atoms with van der Waals surface area (Å²) >= 11 is 6.24. The number of hydrogen-bond acceptors (Lipinski definition) is 1. The summed E-state index contributed by atoms with van der Waals surface area (Å²) in [6.45, 7) is 3.75. The van der Waals surface area contributed by atoms with Crippen molar-refractivity contribution in [2.75, 3.05) is 18.4 Å². The van der Waals surface area contributed by atoms with E-state index in [4.69, 9.17) is 11.6 Å². The molecule has 0 aliphatic heterocycles. The average molecular weight is 457 g/mol. The number of nitrogens with zero attached hydrogens (tertiary/aromatic N) is 1. The fraction of sp³-hybridized carbons (Fsp3) is 0.536. The predicted octanol–water partition coefficient (Wildman–Crippen LogP) is 8.73. The van der Waals surface area contributed by atoms with Crippen molar-refractivity contribution in [3.05, 3.63) is 65.2 Å². The zero-order valence-electron chi connectivity index (χ0n) is 19.8. The molecule has 0 heterocycles. The van der Waals surface area contributed by atoms with Gasteiger partial charge in [-0.25, -0.2) is 4.79 Å². The number of hydrogen-bond donors (Lipinski definition) is 1. The quantitative estimate of drug-likeness (QED) is 0.251. The Labute approximate surface area is 200 Å². The number of anilines is 1. The zero-order chi connectivity index (χ0) is 22.9. The van der Waals surface area contributed by atoms with E-state index >= 15 is 0 Å². The molecule has 0 saturated heterocycles. The van der Waals surface area contributed by atoms with E-state index in [1.165, 1.54) is 69.8 Å². The summed E-state index contributed by atoms with van der Waals surface area (Å²) in [5.74, 6) is 0. The van der Waals surface area contributed by atoms with Crippen molar-refractivity contribution >= 4 is 23.3 Å². The van der Waals surface area contributed by atoms with Gasteiger partial charge < -0.3 is 10.2 Å². The fourth-order valence-corrected chi connectivity index (χ4v) is 4.13. The average Bonchev–Trinajstić information content (AvgIpc) is 2.81. The summed E-state index contributed by atoms with van der Waals surface area (Å²) in [5, 5.41) is 3.56. The molecule has 0 aromatic heterocycles. The van der Waals surface area contributed by atoms with Crippen molar-refractivity contribution < 1.29 is 4.79 Å². The molecule has 3 nitrogen and oxygen atoms in total. The van der Waals surface area contributed by atoms with Crippen molar-refractivity contribution in [3.8, 4) is 0 Å². The monoisotopic (exact) mass is 456 g/mol. The van der Waals surface area contributed by atoms with E-state index in [1.807, 2.05) is 41.3 Å². The number of amides is 2. The third-order valence-electron chi connectivity index (χ3n) is 5.95. The van der Waals surface area contributed by atoms with Gasteiger partial charge in [-0.1, -0.05) is 125 Å². The van der Waals surface area contributed by atoms with E-state index < -0.39 is 0 Å². The van der Waals surface area contributed by atoms with E-state index in [-0.39, 0.29) is 6.03 Å². The number of nitrogens with one attached hydrogen (secondary N) is 1. The van der Waals surface area contributed by atoms with Crippen molar-refractivity contribution in [1.82, 2.24) is 4.90 Å². The van der Waals surface area contributed by atoms with Gasteiger partial charge in [0, 0.05) is 13.1 Å². The van der Waals surface area contributed by atoms with Crippen LogP contribution in [0.3, 0.4) is 0 Å². The Balaban J connectivity index is 1.72. The number of unbranched alkanes of at least 4 members (excludes halogenated alkanes) is 10. The number of halogens is 1. The van der Waals surface area contributed by atoms with Gasteiger partial charge in [0.1, 0.15) is 0 Å². The van der Waals surface area contributed by atoms with Crippen LogP contribution in [0.2, 0.25) is 5.02 Å². The topological polar surface area (TPSA) is 32.3 Å². The number of para-hydroxylation sites is 1. The van der Waals surface area contributed by atoms with Crippen LogP contribution in [0.5, 0.6) is 0 Å². The Bertz CT molecular complexity index is 750. The van der Waals surface area contributed by atoms with E-state index in [0.717, 1.165) is 19.4 Å². The number of benzene rings is 2. The summed E-state index contributed by atoms with van der Waals surface area (Å²) in [6, 6.07) is 17.7. The number of rotatable bonds is 16. The first-order valence-electron chi connectivity index (χ1n) is 12.5. The van der Waals surface area contributed by atoms with Crippen LogP contribution in [0.1, 0.15) is 83.1 Å². The lowest BCUT2D eigenvalue weighted by Crippen LogP contribution is -2.37. The molecule has 0 spiro atoms. The third kappa shape index (κ3) is 11.0. The van der Waals surface area contributed by atoms with Crippen LogP contribution < -0.4 is 5.32 Å². The molecule has 4 heteroatoms. The van der Waals surface area contributed by atoms with Crippen LogP contribution in [-0.4, -0.2) is 24.0 Å². The van der Waals surface area contributed by atoms with Gasteiger partial charge in [-0.3, -0.25) is 0 Å². The first-order chi connectivity index (χ1) is 15.7. The molecule has 2 aromatic rings. The molecule has 0 bridgehead atoms. The van der Waals surface area contributed by atoms with Crippen molar-refractivity contribution in [2.45, 2.75) is 84.0 Å². The lowest BCUT2D eigenvalue weighted by molar-refractivity contribution is 0.211.